The molecule has 0 unspecified atom stereocenters. The molecule has 0 radical (unpaired) electrons. The number of pyridine rings is 1. The third-order valence-electron chi connectivity index (χ3n) is 2.22. The van der Waals surface area contributed by atoms with E-state index in [9.17, 15) is 12.8 Å². The van der Waals surface area contributed by atoms with Crippen LogP contribution in [0.15, 0.2) is 47.6 Å². The highest BCUT2D eigenvalue weighted by molar-refractivity contribution is 7.89. The molecule has 0 aliphatic heterocycles. The molecule has 88 valence electrons. The number of hydrogen-bond donors (Lipinski definition) is 1. The van der Waals surface area contributed by atoms with Gasteiger partial charge in [0.05, 0.1) is 4.90 Å². The first-order chi connectivity index (χ1) is 7.98. The van der Waals surface area contributed by atoms with Gasteiger partial charge in [-0.3, -0.25) is 4.98 Å². The van der Waals surface area contributed by atoms with Gasteiger partial charge in [0.15, 0.2) is 0 Å². The predicted octanol–water partition coefficient (Wildman–Crippen LogP) is 1.54. The number of nitrogens with two attached hydrogens (primary N) is 1. The van der Waals surface area contributed by atoms with Crippen molar-refractivity contribution in [2.45, 2.75) is 4.90 Å². The summed E-state index contributed by atoms with van der Waals surface area (Å²) < 4.78 is 35.9. The number of benzene rings is 1. The number of primary sulfonamides is 1. The number of hydrogen-bond acceptors (Lipinski definition) is 3. The number of nitrogens with zero attached hydrogens (tertiary/aromatic N) is 1. The lowest BCUT2D eigenvalue weighted by Crippen LogP contribution is -2.13. The van der Waals surface area contributed by atoms with Gasteiger partial charge in [0.25, 0.3) is 0 Å². The minimum absolute atomic E-state index is 0.119. The lowest BCUT2D eigenvalue weighted by atomic mass is 10.1. The summed E-state index contributed by atoms with van der Waals surface area (Å²) in [5, 5.41) is 5.07. The highest BCUT2D eigenvalue weighted by Crippen LogP contribution is 2.26. The summed E-state index contributed by atoms with van der Waals surface area (Å²) in [4.78, 5) is 3.74. The average Bonchev–Trinajstić information content (AvgIpc) is 2.28. The predicted molar refractivity (Wildman–Crippen MR) is 61.0 cm³/mol. The van der Waals surface area contributed by atoms with Crippen molar-refractivity contribution in [2.75, 3.05) is 0 Å². The molecule has 2 aromatic rings. The summed E-state index contributed by atoms with van der Waals surface area (Å²) in [5.41, 5.74) is 0.705. The second kappa shape index (κ2) is 4.23. The lowest BCUT2D eigenvalue weighted by Gasteiger charge is -2.07. The van der Waals surface area contributed by atoms with Gasteiger partial charge in [0.1, 0.15) is 5.82 Å². The van der Waals surface area contributed by atoms with Crippen molar-refractivity contribution in [3.8, 4) is 11.1 Å². The highest BCUT2D eigenvalue weighted by Gasteiger charge is 2.15. The monoisotopic (exact) mass is 252 g/mol. The Kier molecular flexibility index (Phi) is 2.91. The molecule has 1 aromatic carbocycles. The number of sulfonamides is 1. The van der Waals surface area contributed by atoms with E-state index in [1.54, 1.807) is 18.3 Å². The molecule has 1 aromatic heterocycles. The van der Waals surface area contributed by atoms with Crippen LogP contribution in [0, 0.1) is 5.82 Å². The summed E-state index contributed by atoms with van der Waals surface area (Å²) in [7, 11) is -3.89. The summed E-state index contributed by atoms with van der Waals surface area (Å²) in [6.07, 6.45) is 2.99. The zero-order valence-corrected chi connectivity index (χ0v) is 9.49. The molecule has 2 rings (SSSR count). The quantitative estimate of drug-likeness (QED) is 0.881. The maximum Gasteiger partial charge on any atom is 0.238 e. The van der Waals surface area contributed by atoms with Gasteiger partial charge in [0, 0.05) is 23.5 Å². The fraction of sp³-hybridized carbons (Fsp3) is 0. The van der Waals surface area contributed by atoms with Crippen LogP contribution < -0.4 is 5.14 Å². The van der Waals surface area contributed by atoms with E-state index >= 15 is 0 Å². The number of halogens is 1. The van der Waals surface area contributed by atoms with E-state index in [1.165, 1.54) is 6.20 Å². The van der Waals surface area contributed by atoms with E-state index < -0.39 is 15.8 Å². The molecule has 4 nitrogen and oxygen atoms in total. The van der Waals surface area contributed by atoms with E-state index in [0.717, 1.165) is 18.2 Å². The van der Waals surface area contributed by atoms with Gasteiger partial charge < -0.3 is 0 Å². The van der Waals surface area contributed by atoms with Gasteiger partial charge >= 0.3 is 0 Å². The van der Waals surface area contributed by atoms with Crippen LogP contribution in [-0.4, -0.2) is 13.4 Å². The van der Waals surface area contributed by atoms with Crippen molar-refractivity contribution in [3.05, 3.63) is 48.5 Å². The maximum absolute atomic E-state index is 13.2. The van der Waals surface area contributed by atoms with Gasteiger partial charge in [-0.05, 0) is 24.3 Å². The molecular weight excluding hydrogens is 243 g/mol. The topological polar surface area (TPSA) is 73.1 Å². The first-order valence-electron chi connectivity index (χ1n) is 4.71. The molecule has 6 heteroatoms. The van der Waals surface area contributed by atoms with Crippen LogP contribution in [0.2, 0.25) is 0 Å². The molecule has 0 aliphatic carbocycles. The fourth-order valence-corrected chi connectivity index (χ4v) is 2.24. The summed E-state index contributed by atoms with van der Waals surface area (Å²) in [6, 6.07) is 6.59. The van der Waals surface area contributed by atoms with Crippen molar-refractivity contribution < 1.29 is 12.8 Å². The molecule has 0 saturated heterocycles. The van der Waals surface area contributed by atoms with Crippen LogP contribution in [-0.2, 0) is 10.0 Å². The van der Waals surface area contributed by atoms with Crippen LogP contribution >= 0.6 is 0 Å². The van der Waals surface area contributed by atoms with Crippen LogP contribution in [0.5, 0.6) is 0 Å². The van der Waals surface area contributed by atoms with Gasteiger partial charge in [-0.15, -0.1) is 0 Å². The van der Waals surface area contributed by atoms with Crippen molar-refractivity contribution in [3.63, 3.8) is 0 Å². The SMILES string of the molecule is NS(=O)(=O)c1ccc(F)cc1-c1cccnc1. The van der Waals surface area contributed by atoms with Crippen LogP contribution in [0.3, 0.4) is 0 Å². The Morgan fingerprint density at radius 2 is 2.00 bits per heavy atom. The van der Waals surface area contributed by atoms with Gasteiger partial charge in [0.2, 0.25) is 10.0 Å². The Morgan fingerprint density at radius 3 is 2.59 bits per heavy atom. The molecule has 0 amide bonds. The average molecular weight is 252 g/mol. The summed E-state index contributed by atoms with van der Waals surface area (Å²) in [5.74, 6) is -0.531. The van der Waals surface area contributed by atoms with E-state index in [1.807, 2.05) is 0 Å². The standard InChI is InChI=1S/C11H9FN2O2S/c12-9-3-4-11(17(13,15)16)10(6-9)8-2-1-5-14-7-8/h1-7H,(H2,13,15,16). The zero-order chi connectivity index (χ0) is 12.5. The molecule has 0 aliphatic rings. The normalized spacial score (nSPS) is 11.4. The smallest absolute Gasteiger partial charge is 0.238 e. The summed E-state index contributed by atoms with van der Waals surface area (Å²) >= 11 is 0. The second-order valence-corrected chi connectivity index (χ2v) is 4.96. The molecule has 0 fully saturated rings. The lowest BCUT2D eigenvalue weighted by molar-refractivity contribution is 0.597. The Balaban J connectivity index is 2.72. The van der Waals surface area contributed by atoms with Crippen molar-refractivity contribution in [2.24, 2.45) is 5.14 Å². The minimum Gasteiger partial charge on any atom is -0.264 e. The van der Waals surface area contributed by atoms with Gasteiger partial charge in [-0.25, -0.2) is 17.9 Å². The fourth-order valence-electron chi connectivity index (χ4n) is 1.50. The summed E-state index contributed by atoms with van der Waals surface area (Å²) in [6.45, 7) is 0. The first-order valence-corrected chi connectivity index (χ1v) is 6.26. The van der Waals surface area contributed by atoms with E-state index in [0.29, 0.717) is 5.56 Å². The van der Waals surface area contributed by atoms with Crippen LogP contribution in [0.1, 0.15) is 0 Å². The maximum atomic E-state index is 13.2. The second-order valence-electron chi connectivity index (χ2n) is 3.43. The number of aromatic nitrogens is 1. The molecule has 0 bridgehead atoms. The number of rotatable bonds is 2. The Bertz CT molecular complexity index is 642. The largest absolute Gasteiger partial charge is 0.264 e. The van der Waals surface area contributed by atoms with Crippen LogP contribution in [0.25, 0.3) is 11.1 Å². The van der Waals surface area contributed by atoms with Gasteiger partial charge in [-0.1, -0.05) is 6.07 Å². The van der Waals surface area contributed by atoms with Crippen molar-refractivity contribution in [1.29, 1.82) is 0 Å². The van der Waals surface area contributed by atoms with E-state index in [2.05, 4.69) is 4.98 Å². The van der Waals surface area contributed by atoms with E-state index in [4.69, 9.17) is 5.14 Å². The molecule has 0 atom stereocenters. The van der Waals surface area contributed by atoms with Crippen molar-refractivity contribution in [1.82, 2.24) is 4.98 Å². The minimum atomic E-state index is -3.89. The molecule has 1 heterocycles. The molecule has 0 saturated carbocycles. The third-order valence-corrected chi connectivity index (χ3v) is 3.19. The Morgan fingerprint density at radius 1 is 1.24 bits per heavy atom. The molecule has 17 heavy (non-hydrogen) atoms. The van der Waals surface area contributed by atoms with Gasteiger partial charge in [-0.2, -0.15) is 0 Å². The zero-order valence-electron chi connectivity index (χ0n) is 8.67. The third kappa shape index (κ3) is 2.48. The molecule has 2 N–H and O–H groups in total. The molecular formula is C11H9FN2O2S. The first kappa shape index (κ1) is 11.7. The Hall–Kier alpha value is -1.79. The highest BCUT2D eigenvalue weighted by atomic mass is 32.2. The van der Waals surface area contributed by atoms with Crippen LogP contribution in [0.4, 0.5) is 4.39 Å². The Labute approximate surface area is 98.0 Å². The van der Waals surface area contributed by atoms with E-state index in [-0.39, 0.29) is 10.5 Å². The van der Waals surface area contributed by atoms with Crippen molar-refractivity contribution >= 4 is 10.0 Å². The molecule has 0 spiro atoms.